The van der Waals surface area contributed by atoms with Crippen molar-refractivity contribution in [2.75, 3.05) is 6.73 Å². The average molecular weight is 434 g/mol. The molecule has 3 nitrogen and oxygen atoms in total. The molecule has 2 aromatic carbocycles. The van der Waals surface area contributed by atoms with Gasteiger partial charge >= 0.3 is 0 Å². The van der Waals surface area contributed by atoms with Gasteiger partial charge in [-0.25, -0.2) is 0 Å². The standard InChI is InChI=1S/C24H31NO2S.ClH/c1-3-24(4-2)27-22-15-11-19(16-23(22)28-24)21-14-13-20(25(21)17-26)12-10-18-8-6-5-7-9-18;/h5-9,11,15-16,20-21,26H,3-4,10,12-14,17H2,1-2H3;1H. The van der Waals surface area contributed by atoms with Gasteiger partial charge in [0.1, 0.15) is 5.75 Å². The number of fused-ring (bicyclic) bond motifs is 1. The van der Waals surface area contributed by atoms with E-state index >= 15 is 0 Å². The first-order chi connectivity index (χ1) is 13.7. The normalized spacial score (nSPS) is 22.7. The number of likely N-dealkylation sites (tertiary alicyclic amines) is 1. The lowest BCUT2D eigenvalue weighted by atomic mass is 10.0. The zero-order chi connectivity index (χ0) is 19.6. The quantitative estimate of drug-likeness (QED) is 0.563. The van der Waals surface area contributed by atoms with Gasteiger partial charge in [0.15, 0.2) is 4.93 Å². The molecule has 0 aromatic heterocycles. The monoisotopic (exact) mass is 433 g/mol. The first-order valence-corrected chi connectivity index (χ1v) is 11.4. The molecule has 29 heavy (non-hydrogen) atoms. The molecule has 1 saturated heterocycles. The predicted molar refractivity (Wildman–Crippen MR) is 123 cm³/mol. The van der Waals surface area contributed by atoms with Crippen LogP contribution in [0.1, 0.15) is 63.1 Å². The Kier molecular flexibility index (Phi) is 7.55. The lowest BCUT2D eigenvalue weighted by Gasteiger charge is -2.28. The summed E-state index contributed by atoms with van der Waals surface area (Å²) in [5, 5.41) is 10.1. The Hall–Kier alpha value is -1.20. The van der Waals surface area contributed by atoms with Crippen LogP contribution < -0.4 is 4.74 Å². The van der Waals surface area contributed by atoms with Crippen LogP contribution in [0.2, 0.25) is 0 Å². The Balaban J connectivity index is 0.00000240. The fraction of sp³-hybridized carbons (Fsp3) is 0.500. The lowest BCUT2D eigenvalue weighted by Crippen LogP contribution is -2.32. The first-order valence-electron chi connectivity index (χ1n) is 10.6. The SMILES string of the molecule is CCC1(CC)Oc2ccc(C3CCC(CCc4ccccc4)N3CO)cc2S1.Cl. The molecular weight excluding hydrogens is 402 g/mol. The molecule has 2 aliphatic heterocycles. The Morgan fingerprint density at radius 3 is 2.55 bits per heavy atom. The number of rotatable bonds is 7. The maximum atomic E-state index is 10.1. The molecule has 1 fully saturated rings. The second-order valence-electron chi connectivity index (χ2n) is 7.95. The summed E-state index contributed by atoms with van der Waals surface area (Å²) in [6.07, 6.45) is 6.43. The van der Waals surface area contributed by atoms with Crippen LogP contribution in [-0.4, -0.2) is 27.7 Å². The lowest BCUT2D eigenvalue weighted by molar-refractivity contribution is 0.0596. The van der Waals surface area contributed by atoms with Gasteiger partial charge in [0.25, 0.3) is 0 Å². The smallest absolute Gasteiger partial charge is 0.158 e. The molecule has 0 bridgehead atoms. The number of aryl methyl sites for hydroxylation is 1. The molecule has 2 aromatic rings. The van der Waals surface area contributed by atoms with E-state index in [0.717, 1.165) is 44.3 Å². The highest BCUT2D eigenvalue weighted by molar-refractivity contribution is 8.00. The van der Waals surface area contributed by atoms with Crippen molar-refractivity contribution in [3.05, 3.63) is 59.7 Å². The van der Waals surface area contributed by atoms with Gasteiger partial charge < -0.3 is 9.84 Å². The summed E-state index contributed by atoms with van der Waals surface area (Å²) < 4.78 is 6.27. The van der Waals surface area contributed by atoms with Crippen molar-refractivity contribution in [2.45, 2.75) is 74.3 Å². The molecule has 0 aliphatic carbocycles. The van der Waals surface area contributed by atoms with Crippen LogP contribution in [0, 0.1) is 0 Å². The minimum Gasteiger partial charge on any atom is -0.475 e. The van der Waals surface area contributed by atoms with Crippen LogP contribution in [0.5, 0.6) is 5.75 Å². The van der Waals surface area contributed by atoms with Crippen molar-refractivity contribution in [1.29, 1.82) is 0 Å². The van der Waals surface area contributed by atoms with E-state index in [1.54, 1.807) is 0 Å². The summed E-state index contributed by atoms with van der Waals surface area (Å²) in [5.74, 6) is 1.02. The van der Waals surface area contributed by atoms with E-state index < -0.39 is 0 Å². The second-order valence-corrected chi connectivity index (χ2v) is 9.34. The number of halogens is 1. The van der Waals surface area contributed by atoms with Gasteiger partial charge in [-0.1, -0.05) is 62.0 Å². The molecule has 1 N–H and O–H groups in total. The number of ether oxygens (including phenoxy) is 1. The van der Waals surface area contributed by atoms with E-state index in [9.17, 15) is 5.11 Å². The van der Waals surface area contributed by atoms with E-state index in [-0.39, 0.29) is 24.1 Å². The molecule has 4 rings (SSSR count). The molecule has 2 aliphatic rings. The van der Waals surface area contributed by atoms with Crippen molar-refractivity contribution < 1.29 is 9.84 Å². The predicted octanol–water partition coefficient (Wildman–Crippen LogP) is 6.20. The summed E-state index contributed by atoms with van der Waals surface area (Å²) in [6.45, 7) is 4.52. The first kappa shape index (κ1) is 22.5. The molecule has 2 atom stereocenters. The van der Waals surface area contributed by atoms with Crippen molar-refractivity contribution in [3.63, 3.8) is 0 Å². The Labute approximate surface area is 185 Å². The fourth-order valence-electron chi connectivity index (χ4n) is 4.65. The fourth-order valence-corrected chi connectivity index (χ4v) is 5.88. The average Bonchev–Trinajstić information content (AvgIpc) is 3.33. The molecule has 5 heteroatoms. The maximum absolute atomic E-state index is 10.1. The van der Waals surface area contributed by atoms with Crippen molar-refractivity contribution in [2.24, 2.45) is 0 Å². The summed E-state index contributed by atoms with van der Waals surface area (Å²) in [5.41, 5.74) is 2.69. The van der Waals surface area contributed by atoms with Crippen LogP contribution in [0.15, 0.2) is 53.4 Å². The number of hydrogen-bond donors (Lipinski definition) is 1. The Morgan fingerprint density at radius 1 is 1.10 bits per heavy atom. The van der Waals surface area contributed by atoms with E-state index in [4.69, 9.17) is 4.74 Å². The highest BCUT2D eigenvalue weighted by Crippen LogP contribution is 2.52. The van der Waals surface area contributed by atoms with Gasteiger partial charge in [0, 0.05) is 12.1 Å². The third-order valence-corrected chi connectivity index (χ3v) is 8.01. The van der Waals surface area contributed by atoms with Gasteiger partial charge in [-0.05, 0) is 61.8 Å². The van der Waals surface area contributed by atoms with Gasteiger partial charge in [-0.3, -0.25) is 4.90 Å². The molecule has 158 valence electrons. The molecule has 0 saturated carbocycles. The summed E-state index contributed by atoms with van der Waals surface area (Å²) in [4.78, 5) is 3.44. The number of hydrogen-bond acceptors (Lipinski definition) is 4. The molecular formula is C24H32ClNO2S. The Bertz CT molecular complexity index is 797. The van der Waals surface area contributed by atoms with Crippen LogP contribution in [0.3, 0.4) is 0 Å². The zero-order valence-corrected chi connectivity index (χ0v) is 19.0. The number of aliphatic hydroxyl groups is 1. The summed E-state index contributed by atoms with van der Waals surface area (Å²) >= 11 is 1.87. The van der Waals surface area contributed by atoms with E-state index in [0.29, 0.717) is 12.1 Å². The molecule has 2 heterocycles. The number of benzene rings is 2. The third-order valence-electron chi connectivity index (χ3n) is 6.44. The summed E-state index contributed by atoms with van der Waals surface area (Å²) in [6, 6.07) is 18.1. The van der Waals surface area contributed by atoms with Crippen molar-refractivity contribution in [1.82, 2.24) is 4.90 Å². The third kappa shape index (κ3) is 4.61. The Morgan fingerprint density at radius 2 is 1.86 bits per heavy atom. The van der Waals surface area contributed by atoms with Gasteiger partial charge in [-0.15, -0.1) is 12.4 Å². The maximum Gasteiger partial charge on any atom is 0.158 e. The minimum absolute atomic E-state index is 0. The van der Waals surface area contributed by atoms with Crippen molar-refractivity contribution in [3.8, 4) is 5.75 Å². The zero-order valence-electron chi connectivity index (χ0n) is 17.3. The van der Waals surface area contributed by atoms with Crippen LogP contribution in [0.4, 0.5) is 0 Å². The number of nitrogens with zero attached hydrogens (tertiary/aromatic N) is 1. The highest BCUT2D eigenvalue weighted by Gasteiger charge is 2.39. The topological polar surface area (TPSA) is 32.7 Å². The van der Waals surface area contributed by atoms with Gasteiger partial charge in [0.05, 0.1) is 11.6 Å². The van der Waals surface area contributed by atoms with Crippen LogP contribution in [0.25, 0.3) is 0 Å². The van der Waals surface area contributed by atoms with Crippen molar-refractivity contribution >= 4 is 24.2 Å². The highest BCUT2D eigenvalue weighted by atomic mass is 35.5. The molecule has 2 unspecified atom stereocenters. The van der Waals surface area contributed by atoms with Crippen LogP contribution in [-0.2, 0) is 6.42 Å². The second kappa shape index (κ2) is 9.74. The van der Waals surface area contributed by atoms with Gasteiger partial charge in [0.2, 0.25) is 0 Å². The molecule has 0 amide bonds. The van der Waals surface area contributed by atoms with Crippen LogP contribution >= 0.6 is 24.2 Å². The minimum atomic E-state index is -0.106. The van der Waals surface area contributed by atoms with E-state index in [2.05, 4.69) is 67.3 Å². The van der Waals surface area contributed by atoms with E-state index in [1.165, 1.54) is 16.0 Å². The number of thioether (sulfide) groups is 1. The molecule has 0 radical (unpaired) electrons. The number of aliphatic hydroxyl groups excluding tert-OH is 1. The summed E-state index contributed by atoms with van der Waals surface area (Å²) in [7, 11) is 0. The van der Waals surface area contributed by atoms with Gasteiger partial charge in [-0.2, -0.15) is 0 Å². The largest absolute Gasteiger partial charge is 0.475 e. The molecule has 0 spiro atoms. The van der Waals surface area contributed by atoms with E-state index in [1.807, 2.05) is 11.8 Å².